The van der Waals surface area contributed by atoms with Crippen LogP contribution in [0.5, 0.6) is 0 Å². The summed E-state index contributed by atoms with van der Waals surface area (Å²) in [5, 5.41) is 12.1. The van der Waals surface area contributed by atoms with E-state index in [-0.39, 0.29) is 11.9 Å². The Morgan fingerprint density at radius 3 is 2.62 bits per heavy atom. The van der Waals surface area contributed by atoms with Crippen LogP contribution in [0.4, 0.5) is 0 Å². The van der Waals surface area contributed by atoms with Crippen LogP contribution in [0, 0.1) is 5.92 Å². The molecule has 1 aliphatic carbocycles. The maximum absolute atomic E-state index is 11.9. The topological polar surface area (TPSA) is 66.4 Å². The summed E-state index contributed by atoms with van der Waals surface area (Å²) >= 11 is 1.55. The van der Waals surface area contributed by atoms with Gasteiger partial charge in [0.05, 0.1) is 11.7 Å². The fourth-order valence-corrected chi connectivity index (χ4v) is 3.48. The van der Waals surface area contributed by atoms with E-state index in [0.717, 1.165) is 25.0 Å². The highest BCUT2D eigenvalue weighted by molar-refractivity contribution is 7.99. The van der Waals surface area contributed by atoms with Crippen molar-refractivity contribution in [2.45, 2.75) is 37.5 Å². The van der Waals surface area contributed by atoms with E-state index in [0.29, 0.717) is 12.2 Å². The average molecular weight is 307 g/mol. The molecule has 5 heteroatoms. The van der Waals surface area contributed by atoms with E-state index in [1.54, 1.807) is 11.8 Å². The third-order valence-electron chi connectivity index (χ3n) is 3.77. The van der Waals surface area contributed by atoms with Gasteiger partial charge in [0.1, 0.15) is 0 Å². The van der Waals surface area contributed by atoms with Crippen LogP contribution in [0.15, 0.2) is 30.3 Å². The minimum absolute atomic E-state index is 0.0610. The van der Waals surface area contributed by atoms with E-state index in [2.05, 4.69) is 5.32 Å². The second kappa shape index (κ2) is 8.08. The molecule has 0 aromatic heterocycles. The summed E-state index contributed by atoms with van der Waals surface area (Å²) in [4.78, 5) is 23.1. The molecule has 2 atom stereocenters. The van der Waals surface area contributed by atoms with Gasteiger partial charge in [0.2, 0.25) is 5.91 Å². The Morgan fingerprint density at radius 1 is 1.19 bits per heavy atom. The van der Waals surface area contributed by atoms with Gasteiger partial charge in [0, 0.05) is 11.8 Å². The van der Waals surface area contributed by atoms with E-state index in [1.807, 2.05) is 30.3 Å². The number of carboxylic acid groups (broad SMARTS) is 1. The molecular formula is C16H21NO3S. The third-order valence-corrected chi connectivity index (χ3v) is 4.78. The Balaban J connectivity index is 1.74. The van der Waals surface area contributed by atoms with Crippen molar-refractivity contribution in [3.63, 3.8) is 0 Å². The zero-order valence-electron chi connectivity index (χ0n) is 12.0. The lowest BCUT2D eigenvalue weighted by Gasteiger charge is -2.29. The van der Waals surface area contributed by atoms with Gasteiger partial charge in [-0.3, -0.25) is 9.59 Å². The standard InChI is InChI=1S/C16H21NO3S/c18-15(11-21-10-12-6-2-1-3-7-12)17-14-9-5-4-8-13(14)16(19)20/h1-3,6-7,13-14H,4-5,8-11H2,(H,17,18)(H,19,20). The first-order chi connectivity index (χ1) is 10.2. The molecule has 1 amide bonds. The highest BCUT2D eigenvalue weighted by Gasteiger charge is 2.31. The molecule has 1 saturated carbocycles. The van der Waals surface area contributed by atoms with Crippen LogP contribution in [0.2, 0.25) is 0 Å². The van der Waals surface area contributed by atoms with Crippen LogP contribution in [-0.4, -0.2) is 28.8 Å². The van der Waals surface area contributed by atoms with Crippen molar-refractivity contribution in [2.75, 3.05) is 5.75 Å². The van der Waals surface area contributed by atoms with E-state index in [9.17, 15) is 14.7 Å². The molecule has 1 aromatic carbocycles. The summed E-state index contributed by atoms with van der Waals surface area (Å²) < 4.78 is 0. The lowest BCUT2D eigenvalue weighted by Crippen LogP contribution is -2.45. The Bertz CT molecular complexity index is 478. The predicted molar refractivity (Wildman–Crippen MR) is 84.1 cm³/mol. The van der Waals surface area contributed by atoms with Gasteiger partial charge >= 0.3 is 5.97 Å². The van der Waals surface area contributed by atoms with Gasteiger partial charge < -0.3 is 10.4 Å². The number of hydrogen-bond acceptors (Lipinski definition) is 3. The van der Waals surface area contributed by atoms with Gasteiger partial charge in [-0.25, -0.2) is 0 Å². The van der Waals surface area contributed by atoms with E-state index < -0.39 is 11.9 Å². The van der Waals surface area contributed by atoms with Gasteiger partial charge in [0.15, 0.2) is 0 Å². The maximum Gasteiger partial charge on any atom is 0.308 e. The largest absolute Gasteiger partial charge is 0.481 e. The van der Waals surface area contributed by atoms with E-state index in [1.165, 1.54) is 5.56 Å². The molecule has 0 spiro atoms. The number of carboxylic acids is 1. The summed E-state index contributed by atoms with van der Waals surface area (Å²) in [6.07, 6.45) is 3.36. The summed E-state index contributed by atoms with van der Waals surface area (Å²) in [5.41, 5.74) is 1.19. The first-order valence-electron chi connectivity index (χ1n) is 7.30. The number of rotatable bonds is 6. The zero-order chi connectivity index (χ0) is 15.1. The SMILES string of the molecule is O=C(CSCc1ccccc1)NC1CCCCC1C(=O)O. The number of benzene rings is 1. The first kappa shape index (κ1) is 15.9. The van der Waals surface area contributed by atoms with Crippen LogP contribution in [0.3, 0.4) is 0 Å². The number of thioether (sulfide) groups is 1. The molecule has 2 unspecified atom stereocenters. The number of carbonyl (C=O) groups is 2. The molecule has 0 heterocycles. The van der Waals surface area contributed by atoms with Gasteiger partial charge in [-0.1, -0.05) is 43.2 Å². The third kappa shape index (κ3) is 5.08. The molecule has 1 fully saturated rings. The Morgan fingerprint density at radius 2 is 1.90 bits per heavy atom. The Kier molecular flexibility index (Phi) is 6.11. The fraction of sp³-hybridized carbons (Fsp3) is 0.500. The predicted octanol–water partition coefficient (Wildman–Crippen LogP) is 2.68. The quantitative estimate of drug-likeness (QED) is 0.848. The van der Waals surface area contributed by atoms with Crippen molar-refractivity contribution in [1.29, 1.82) is 0 Å². The van der Waals surface area contributed by atoms with Gasteiger partial charge in [0.25, 0.3) is 0 Å². The van der Waals surface area contributed by atoms with Crippen molar-refractivity contribution in [1.82, 2.24) is 5.32 Å². The molecule has 0 saturated heterocycles. The monoisotopic (exact) mass is 307 g/mol. The van der Waals surface area contributed by atoms with E-state index >= 15 is 0 Å². The average Bonchev–Trinajstić information content (AvgIpc) is 2.48. The maximum atomic E-state index is 11.9. The highest BCUT2D eigenvalue weighted by Crippen LogP contribution is 2.24. The molecule has 4 nitrogen and oxygen atoms in total. The van der Waals surface area contributed by atoms with Crippen molar-refractivity contribution in [3.05, 3.63) is 35.9 Å². The second-order valence-electron chi connectivity index (χ2n) is 5.38. The van der Waals surface area contributed by atoms with Crippen molar-refractivity contribution < 1.29 is 14.7 Å². The normalized spacial score (nSPS) is 21.7. The Hall–Kier alpha value is -1.49. The molecule has 0 bridgehead atoms. The van der Waals surface area contributed by atoms with Crippen LogP contribution in [0.1, 0.15) is 31.2 Å². The van der Waals surface area contributed by atoms with Crippen LogP contribution >= 0.6 is 11.8 Å². The van der Waals surface area contributed by atoms with Crippen molar-refractivity contribution in [3.8, 4) is 0 Å². The molecule has 2 N–H and O–H groups in total. The molecule has 1 aliphatic rings. The van der Waals surface area contributed by atoms with Gasteiger partial charge in [-0.2, -0.15) is 0 Å². The van der Waals surface area contributed by atoms with Crippen molar-refractivity contribution >= 4 is 23.6 Å². The molecule has 0 radical (unpaired) electrons. The van der Waals surface area contributed by atoms with Gasteiger partial charge in [-0.15, -0.1) is 11.8 Å². The molecule has 1 aromatic rings. The molecule has 114 valence electrons. The highest BCUT2D eigenvalue weighted by atomic mass is 32.2. The number of amides is 1. The molecule has 0 aliphatic heterocycles. The number of hydrogen-bond donors (Lipinski definition) is 2. The lowest BCUT2D eigenvalue weighted by atomic mass is 9.84. The number of aliphatic carboxylic acids is 1. The smallest absolute Gasteiger partial charge is 0.308 e. The van der Waals surface area contributed by atoms with Crippen LogP contribution < -0.4 is 5.32 Å². The van der Waals surface area contributed by atoms with Crippen LogP contribution in [0.25, 0.3) is 0 Å². The summed E-state index contributed by atoms with van der Waals surface area (Å²) in [7, 11) is 0. The zero-order valence-corrected chi connectivity index (χ0v) is 12.8. The summed E-state index contributed by atoms with van der Waals surface area (Å²) in [6.45, 7) is 0. The minimum Gasteiger partial charge on any atom is -0.481 e. The molecule has 21 heavy (non-hydrogen) atoms. The van der Waals surface area contributed by atoms with E-state index in [4.69, 9.17) is 0 Å². The van der Waals surface area contributed by atoms with Crippen molar-refractivity contribution in [2.24, 2.45) is 5.92 Å². The van der Waals surface area contributed by atoms with Gasteiger partial charge in [-0.05, 0) is 18.4 Å². The molecule has 2 rings (SSSR count). The van der Waals surface area contributed by atoms with Crippen LogP contribution in [-0.2, 0) is 15.3 Å². The second-order valence-corrected chi connectivity index (χ2v) is 6.37. The lowest BCUT2D eigenvalue weighted by molar-refractivity contribution is -0.144. The molecular weight excluding hydrogens is 286 g/mol. The summed E-state index contributed by atoms with van der Waals surface area (Å²) in [5.74, 6) is -0.119. The number of carbonyl (C=O) groups excluding carboxylic acids is 1. The fourth-order valence-electron chi connectivity index (χ4n) is 2.68. The Labute approximate surface area is 129 Å². The first-order valence-corrected chi connectivity index (χ1v) is 8.46. The minimum atomic E-state index is -0.795. The number of nitrogens with one attached hydrogen (secondary N) is 1. The summed E-state index contributed by atoms with van der Waals surface area (Å²) in [6, 6.07) is 9.79.